The Morgan fingerprint density at radius 2 is 1.58 bits per heavy atom. The molecule has 172 valence electrons. The van der Waals surface area contributed by atoms with Crippen LogP contribution in [0.5, 0.6) is 11.5 Å². The molecule has 0 aromatic heterocycles. The molecule has 0 fully saturated rings. The van der Waals surface area contributed by atoms with E-state index in [2.05, 4.69) is 61.6 Å². The molecule has 0 heterocycles. The minimum Gasteiger partial charge on any atom is -0.493 e. The van der Waals surface area contributed by atoms with Gasteiger partial charge >= 0.3 is 0 Å². The van der Waals surface area contributed by atoms with Gasteiger partial charge in [-0.2, -0.15) is 0 Å². The molecule has 0 saturated carbocycles. The molecular weight excluding hydrogens is 382 g/mol. The third-order valence-corrected chi connectivity index (χ3v) is 5.79. The maximum Gasteiger partial charge on any atom is 0.161 e. The van der Waals surface area contributed by atoms with Gasteiger partial charge in [-0.05, 0) is 49.1 Å². The summed E-state index contributed by atoms with van der Waals surface area (Å²) in [5.74, 6) is 1.66. The molecule has 3 heteroatoms. The topological polar surface area (TPSA) is 30.5 Å². The van der Waals surface area contributed by atoms with E-state index < -0.39 is 0 Å². The lowest BCUT2D eigenvalue weighted by atomic mass is 9.99. The van der Waals surface area contributed by atoms with Crippen molar-refractivity contribution in [1.82, 2.24) is 5.32 Å². The normalized spacial score (nSPS) is 12.0. The van der Waals surface area contributed by atoms with Crippen molar-refractivity contribution in [1.29, 1.82) is 0 Å². The number of rotatable bonds is 17. The van der Waals surface area contributed by atoms with Gasteiger partial charge in [-0.3, -0.25) is 0 Å². The van der Waals surface area contributed by atoms with Gasteiger partial charge in [0.05, 0.1) is 13.7 Å². The summed E-state index contributed by atoms with van der Waals surface area (Å²) in [7, 11) is 1.71. The molecule has 0 unspecified atom stereocenters. The van der Waals surface area contributed by atoms with Crippen molar-refractivity contribution >= 4 is 0 Å². The van der Waals surface area contributed by atoms with Crippen LogP contribution in [0.4, 0.5) is 0 Å². The number of benzene rings is 2. The minimum absolute atomic E-state index is 0.525. The molecule has 0 aliphatic heterocycles. The summed E-state index contributed by atoms with van der Waals surface area (Å²) in [4.78, 5) is 0. The highest BCUT2D eigenvalue weighted by atomic mass is 16.5. The number of unbranched alkanes of at least 4 members (excludes halogenated alkanes) is 5. The molecule has 2 aromatic rings. The SMILES string of the molecule is CCCCCCCC[C@H](Cc1ccc(OC)c(OCCc2ccccc2)c1)NCCC. The maximum atomic E-state index is 6.13. The van der Waals surface area contributed by atoms with Crippen molar-refractivity contribution in [3.63, 3.8) is 0 Å². The fourth-order valence-corrected chi connectivity index (χ4v) is 3.96. The number of methoxy groups -OCH3 is 1. The Bertz CT molecular complexity index is 701. The van der Waals surface area contributed by atoms with Crippen LogP contribution in [0.15, 0.2) is 48.5 Å². The molecule has 1 N–H and O–H groups in total. The van der Waals surface area contributed by atoms with Gasteiger partial charge in [0, 0.05) is 12.5 Å². The van der Waals surface area contributed by atoms with E-state index in [1.54, 1.807) is 7.11 Å². The summed E-state index contributed by atoms with van der Waals surface area (Å²) < 4.78 is 11.7. The zero-order valence-electron chi connectivity index (χ0n) is 20.0. The quantitative estimate of drug-likeness (QED) is 0.277. The molecule has 0 aliphatic carbocycles. The number of hydrogen-bond acceptors (Lipinski definition) is 3. The lowest BCUT2D eigenvalue weighted by Gasteiger charge is -2.20. The first-order valence-corrected chi connectivity index (χ1v) is 12.3. The van der Waals surface area contributed by atoms with Gasteiger partial charge in [0.15, 0.2) is 11.5 Å². The summed E-state index contributed by atoms with van der Waals surface area (Å²) in [6.07, 6.45) is 12.4. The number of ether oxygens (including phenoxy) is 2. The Balaban J connectivity index is 1.90. The van der Waals surface area contributed by atoms with Crippen molar-refractivity contribution in [3.8, 4) is 11.5 Å². The average molecular weight is 426 g/mol. The first kappa shape index (κ1) is 25.3. The van der Waals surface area contributed by atoms with Crippen LogP contribution >= 0.6 is 0 Å². The number of hydrogen-bond donors (Lipinski definition) is 1. The van der Waals surface area contributed by atoms with Crippen molar-refractivity contribution in [2.45, 2.75) is 84.1 Å². The average Bonchev–Trinajstić information content (AvgIpc) is 2.80. The van der Waals surface area contributed by atoms with E-state index in [1.807, 2.05) is 6.07 Å². The second-order valence-corrected chi connectivity index (χ2v) is 8.48. The molecule has 2 aromatic carbocycles. The zero-order valence-corrected chi connectivity index (χ0v) is 20.0. The summed E-state index contributed by atoms with van der Waals surface area (Å²) >= 11 is 0. The van der Waals surface area contributed by atoms with Crippen molar-refractivity contribution in [2.24, 2.45) is 0 Å². The van der Waals surface area contributed by atoms with Crippen LogP contribution in [-0.2, 0) is 12.8 Å². The monoisotopic (exact) mass is 425 g/mol. The van der Waals surface area contributed by atoms with Crippen LogP contribution in [-0.4, -0.2) is 26.3 Å². The van der Waals surface area contributed by atoms with Crippen molar-refractivity contribution in [2.75, 3.05) is 20.3 Å². The predicted octanol–water partition coefficient (Wildman–Crippen LogP) is 6.98. The summed E-state index contributed by atoms with van der Waals surface area (Å²) in [5, 5.41) is 3.76. The second-order valence-electron chi connectivity index (χ2n) is 8.48. The highest BCUT2D eigenvalue weighted by Gasteiger charge is 2.12. The van der Waals surface area contributed by atoms with Crippen LogP contribution in [0, 0.1) is 0 Å². The smallest absolute Gasteiger partial charge is 0.161 e. The fraction of sp³-hybridized carbons (Fsp3) is 0.571. The first-order chi connectivity index (χ1) is 15.3. The first-order valence-electron chi connectivity index (χ1n) is 12.3. The fourth-order valence-electron chi connectivity index (χ4n) is 3.96. The molecule has 3 nitrogen and oxygen atoms in total. The van der Waals surface area contributed by atoms with Crippen LogP contribution in [0.1, 0.15) is 76.3 Å². The van der Waals surface area contributed by atoms with Crippen molar-refractivity contribution < 1.29 is 9.47 Å². The maximum absolute atomic E-state index is 6.13. The standard InChI is InChI=1S/C28H43NO2/c1-4-6-7-8-9-13-16-26(29-20-5-2)22-25-17-18-27(30-3)28(23-25)31-21-19-24-14-11-10-12-15-24/h10-12,14-15,17-18,23,26,29H,4-9,13,16,19-22H2,1-3H3/t26-/m1/s1. The van der Waals surface area contributed by atoms with E-state index in [1.165, 1.54) is 62.5 Å². The number of nitrogens with one attached hydrogen (secondary N) is 1. The van der Waals surface area contributed by atoms with E-state index in [0.717, 1.165) is 30.9 Å². The van der Waals surface area contributed by atoms with E-state index in [4.69, 9.17) is 9.47 Å². The second kappa shape index (κ2) is 15.8. The van der Waals surface area contributed by atoms with Gasteiger partial charge < -0.3 is 14.8 Å². The van der Waals surface area contributed by atoms with Gasteiger partial charge in [-0.15, -0.1) is 0 Å². The van der Waals surface area contributed by atoms with Crippen LogP contribution in [0.2, 0.25) is 0 Å². The van der Waals surface area contributed by atoms with E-state index in [9.17, 15) is 0 Å². The van der Waals surface area contributed by atoms with E-state index >= 15 is 0 Å². The van der Waals surface area contributed by atoms with Crippen molar-refractivity contribution in [3.05, 3.63) is 59.7 Å². The third-order valence-electron chi connectivity index (χ3n) is 5.79. The van der Waals surface area contributed by atoms with Crippen LogP contribution in [0.25, 0.3) is 0 Å². The van der Waals surface area contributed by atoms with Gasteiger partial charge in [0.1, 0.15) is 0 Å². The summed E-state index contributed by atoms with van der Waals surface area (Å²) in [6.45, 7) is 6.25. The molecule has 0 saturated heterocycles. The highest BCUT2D eigenvalue weighted by molar-refractivity contribution is 5.43. The molecule has 1 atom stereocenters. The molecule has 0 amide bonds. The Labute approximate surface area is 190 Å². The molecule has 0 bridgehead atoms. The molecule has 0 spiro atoms. The van der Waals surface area contributed by atoms with Gasteiger partial charge in [0.2, 0.25) is 0 Å². The summed E-state index contributed by atoms with van der Waals surface area (Å²) in [6, 6.07) is 17.4. The van der Waals surface area contributed by atoms with Crippen LogP contribution in [0.3, 0.4) is 0 Å². The molecule has 31 heavy (non-hydrogen) atoms. The predicted molar refractivity (Wildman–Crippen MR) is 132 cm³/mol. The zero-order chi connectivity index (χ0) is 22.2. The van der Waals surface area contributed by atoms with Gasteiger partial charge in [-0.1, -0.05) is 88.8 Å². The Hall–Kier alpha value is -2.00. The van der Waals surface area contributed by atoms with Gasteiger partial charge in [-0.25, -0.2) is 0 Å². The lowest BCUT2D eigenvalue weighted by Crippen LogP contribution is -2.31. The third kappa shape index (κ3) is 10.2. The molecule has 0 aliphatic rings. The lowest BCUT2D eigenvalue weighted by molar-refractivity contribution is 0.297. The molecule has 0 radical (unpaired) electrons. The Morgan fingerprint density at radius 1 is 0.806 bits per heavy atom. The van der Waals surface area contributed by atoms with E-state index in [0.29, 0.717) is 12.6 Å². The molecular formula is C28H43NO2. The largest absolute Gasteiger partial charge is 0.493 e. The summed E-state index contributed by atoms with van der Waals surface area (Å²) in [5.41, 5.74) is 2.61. The molecule has 2 rings (SSSR count). The highest BCUT2D eigenvalue weighted by Crippen LogP contribution is 2.29. The minimum atomic E-state index is 0.525. The van der Waals surface area contributed by atoms with E-state index in [-0.39, 0.29) is 0 Å². The Morgan fingerprint density at radius 3 is 2.32 bits per heavy atom. The van der Waals surface area contributed by atoms with Crippen LogP contribution < -0.4 is 14.8 Å². The Kier molecular flexibility index (Phi) is 12.8. The van der Waals surface area contributed by atoms with Gasteiger partial charge in [0.25, 0.3) is 0 Å².